The molecule has 0 bridgehead atoms. The Kier molecular flexibility index (Phi) is 4.06. The molecule has 118 valence electrons. The third-order valence-corrected chi connectivity index (χ3v) is 4.83. The van der Waals surface area contributed by atoms with Crippen LogP contribution < -0.4 is 0 Å². The van der Waals surface area contributed by atoms with Gasteiger partial charge in [0.1, 0.15) is 5.82 Å². The van der Waals surface area contributed by atoms with Crippen molar-refractivity contribution in [3.8, 4) is 0 Å². The van der Waals surface area contributed by atoms with E-state index in [1.54, 1.807) is 0 Å². The van der Waals surface area contributed by atoms with Crippen LogP contribution in [0, 0.1) is 0 Å². The van der Waals surface area contributed by atoms with Crippen LogP contribution >= 0.6 is 11.6 Å². The van der Waals surface area contributed by atoms with E-state index in [1.807, 2.05) is 18.2 Å². The number of nitrogens with zero attached hydrogens (tertiary/aromatic N) is 2. The first kappa shape index (κ1) is 14.7. The van der Waals surface area contributed by atoms with Crippen LogP contribution in [0.4, 0.5) is 0 Å². The predicted octanol–water partition coefficient (Wildman–Crippen LogP) is 4.60. The number of aromatic nitrogens is 2. The zero-order valence-corrected chi connectivity index (χ0v) is 13.8. The lowest BCUT2D eigenvalue weighted by molar-refractivity contribution is 0.197. The smallest absolute Gasteiger partial charge is 0.111 e. The molecule has 1 aliphatic heterocycles. The molecule has 2 aromatic carbocycles. The highest BCUT2D eigenvalue weighted by molar-refractivity contribution is 6.30. The Balaban J connectivity index is 1.50. The third kappa shape index (κ3) is 3.26. The SMILES string of the molecule is Clc1cccc(CN2CCC[C@@H](c3nc4ccccc4[nH]3)C2)c1. The molecule has 0 radical (unpaired) electrons. The van der Waals surface area contributed by atoms with E-state index in [2.05, 4.69) is 40.2 Å². The van der Waals surface area contributed by atoms with Gasteiger partial charge in [0.15, 0.2) is 0 Å². The van der Waals surface area contributed by atoms with Crippen LogP contribution in [-0.2, 0) is 6.54 Å². The number of H-pyrrole nitrogens is 1. The van der Waals surface area contributed by atoms with E-state index >= 15 is 0 Å². The van der Waals surface area contributed by atoms with Crippen LogP contribution in [0.5, 0.6) is 0 Å². The summed E-state index contributed by atoms with van der Waals surface area (Å²) < 4.78 is 0. The standard InChI is InChI=1S/C19H20ClN3/c20-16-7-3-5-14(11-16)12-23-10-4-6-15(13-23)19-21-17-8-1-2-9-18(17)22-19/h1-3,5,7-9,11,15H,4,6,10,12-13H2,(H,21,22)/t15-/m1/s1. The summed E-state index contributed by atoms with van der Waals surface area (Å²) in [6, 6.07) is 16.4. The number of likely N-dealkylation sites (tertiary alicyclic amines) is 1. The van der Waals surface area contributed by atoms with Crippen LogP contribution in [0.2, 0.25) is 5.02 Å². The molecule has 4 heteroatoms. The van der Waals surface area contributed by atoms with Crippen LogP contribution in [0.15, 0.2) is 48.5 Å². The zero-order chi connectivity index (χ0) is 15.6. The molecule has 3 aromatic rings. The normalized spacial score (nSPS) is 19.3. The molecule has 1 aromatic heterocycles. The second kappa shape index (κ2) is 6.34. The molecule has 1 saturated heterocycles. The van der Waals surface area contributed by atoms with E-state index in [1.165, 1.54) is 18.4 Å². The van der Waals surface area contributed by atoms with E-state index in [-0.39, 0.29) is 0 Å². The Morgan fingerprint density at radius 1 is 1.17 bits per heavy atom. The second-order valence-corrected chi connectivity index (χ2v) is 6.78. The number of imidazole rings is 1. The van der Waals surface area contributed by atoms with Crippen molar-refractivity contribution in [1.29, 1.82) is 0 Å². The van der Waals surface area contributed by atoms with Gasteiger partial charge in [-0.15, -0.1) is 0 Å². The van der Waals surface area contributed by atoms with Gasteiger partial charge in [0.2, 0.25) is 0 Å². The highest BCUT2D eigenvalue weighted by atomic mass is 35.5. The minimum Gasteiger partial charge on any atom is -0.342 e. The van der Waals surface area contributed by atoms with Crippen molar-refractivity contribution in [3.05, 3.63) is 64.9 Å². The summed E-state index contributed by atoms with van der Waals surface area (Å²) in [6.45, 7) is 3.15. The lowest BCUT2D eigenvalue weighted by Gasteiger charge is -2.31. The van der Waals surface area contributed by atoms with Gasteiger partial charge in [-0.05, 0) is 49.2 Å². The zero-order valence-electron chi connectivity index (χ0n) is 13.0. The van der Waals surface area contributed by atoms with Gasteiger partial charge >= 0.3 is 0 Å². The van der Waals surface area contributed by atoms with Gasteiger partial charge < -0.3 is 4.98 Å². The van der Waals surface area contributed by atoms with Crippen LogP contribution in [0.25, 0.3) is 11.0 Å². The monoisotopic (exact) mass is 325 g/mol. The predicted molar refractivity (Wildman–Crippen MR) is 94.8 cm³/mol. The number of aromatic amines is 1. The Labute approximate surface area is 141 Å². The van der Waals surface area contributed by atoms with Gasteiger partial charge in [0, 0.05) is 24.0 Å². The molecule has 0 amide bonds. The second-order valence-electron chi connectivity index (χ2n) is 6.34. The van der Waals surface area contributed by atoms with E-state index < -0.39 is 0 Å². The first-order chi connectivity index (χ1) is 11.3. The van der Waals surface area contributed by atoms with Gasteiger partial charge in [-0.1, -0.05) is 35.9 Å². The first-order valence-electron chi connectivity index (χ1n) is 8.19. The number of halogens is 1. The van der Waals surface area contributed by atoms with Crippen molar-refractivity contribution >= 4 is 22.6 Å². The minimum absolute atomic E-state index is 0.482. The Morgan fingerprint density at radius 2 is 2.09 bits per heavy atom. The van der Waals surface area contributed by atoms with Gasteiger partial charge in [0.05, 0.1) is 11.0 Å². The number of benzene rings is 2. The van der Waals surface area contributed by atoms with E-state index in [0.717, 1.165) is 41.5 Å². The van der Waals surface area contributed by atoms with Crippen molar-refractivity contribution in [3.63, 3.8) is 0 Å². The van der Waals surface area contributed by atoms with Crippen molar-refractivity contribution in [2.24, 2.45) is 0 Å². The molecule has 1 N–H and O–H groups in total. The molecule has 1 atom stereocenters. The molecule has 3 nitrogen and oxygen atoms in total. The number of hydrogen-bond donors (Lipinski definition) is 1. The molecule has 2 heterocycles. The summed E-state index contributed by atoms with van der Waals surface area (Å²) in [4.78, 5) is 10.8. The maximum absolute atomic E-state index is 6.10. The molecule has 1 aliphatic rings. The van der Waals surface area contributed by atoms with E-state index in [0.29, 0.717) is 5.92 Å². The summed E-state index contributed by atoms with van der Waals surface area (Å²) in [5.74, 6) is 1.61. The molecule has 1 fully saturated rings. The minimum atomic E-state index is 0.482. The molecular formula is C19H20ClN3. The molecule has 0 saturated carbocycles. The van der Waals surface area contributed by atoms with Crippen LogP contribution in [-0.4, -0.2) is 28.0 Å². The maximum Gasteiger partial charge on any atom is 0.111 e. The first-order valence-corrected chi connectivity index (χ1v) is 8.57. The number of hydrogen-bond acceptors (Lipinski definition) is 2. The molecule has 4 rings (SSSR count). The lowest BCUT2D eigenvalue weighted by atomic mass is 9.97. The Hall–Kier alpha value is -1.84. The molecule has 0 unspecified atom stereocenters. The maximum atomic E-state index is 6.10. The average molecular weight is 326 g/mol. The highest BCUT2D eigenvalue weighted by Gasteiger charge is 2.23. The topological polar surface area (TPSA) is 31.9 Å². The summed E-state index contributed by atoms with van der Waals surface area (Å²) in [6.07, 6.45) is 2.41. The quantitative estimate of drug-likeness (QED) is 0.763. The summed E-state index contributed by atoms with van der Waals surface area (Å²) in [5, 5.41) is 0.813. The van der Waals surface area contributed by atoms with Gasteiger partial charge in [0.25, 0.3) is 0 Å². The van der Waals surface area contributed by atoms with Crippen LogP contribution in [0.3, 0.4) is 0 Å². The molecule has 23 heavy (non-hydrogen) atoms. The fourth-order valence-corrected chi connectivity index (χ4v) is 3.69. The number of rotatable bonds is 3. The summed E-state index contributed by atoms with van der Waals surface area (Å²) >= 11 is 6.10. The highest BCUT2D eigenvalue weighted by Crippen LogP contribution is 2.27. The number of nitrogens with one attached hydrogen (secondary N) is 1. The fraction of sp³-hybridized carbons (Fsp3) is 0.316. The molecular weight excluding hydrogens is 306 g/mol. The van der Waals surface area contributed by atoms with Gasteiger partial charge in [-0.2, -0.15) is 0 Å². The van der Waals surface area contributed by atoms with E-state index in [9.17, 15) is 0 Å². The average Bonchev–Trinajstić information content (AvgIpc) is 2.99. The van der Waals surface area contributed by atoms with Gasteiger partial charge in [-0.3, -0.25) is 4.90 Å². The van der Waals surface area contributed by atoms with Crippen molar-refractivity contribution in [2.75, 3.05) is 13.1 Å². The Morgan fingerprint density at radius 3 is 2.96 bits per heavy atom. The van der Waals surface area contributed by atoms with Gasteiger partial charge in [-0.25, -0.2) is 4.98 Å². The summed E-state index contributed by atoms with van der Waals surface area (Å²) in [7, 11) is 0. The third-order valence-electron chi connectivity index (χ3n) is 4.60. The van der Waals surface area contributed by atoms with Crippen molar-refractivity contribution < 1.29 is 0 Å². The van der Waals surface area contributed by atoms with E-state index in [4.69, 9.17) is 16.6 Å². The van der Waals surface area contributed by atoms with Crippen LogP contribution in [0.1, 0.15) is 30.1 Å². The fourth-order valence-electron chi connectivity index (χ4n) is 3.48. The largest absolute Gasteiger partial charge is 0.342 e. The number of fused-ring (bicyclic) bond motifs is 1. The Bertz CT molecular complexity index is 778. The molecule has 0 aliphatic carbocycles. The summed E-state index contributed by atoms with van der Waals surface area (Å²) in [5.41, 5.74) is 3.48. The lowest BCUT2D eigenvalue weighted by Crippen LogP contribution is -2.34. The van der Waals surface area contributed by atoms with Crippen molar-refractivity contribution in [1.82, 2.24) is 14.9 Å². The molecule has 0 spiro atoms. The number of piperidine rings is 1. The van der Waals surface area contributed by atoms with Crippen molar-refractivity contribution in [2.45, 2.75) is 25.3 Å². The number of para-hydroxylation sites is 2.